The van der Waals surface area contributed by atoms with Crippen LogP contribution in [-0.2, 0) is 4.79 Å². The summed E-state index contributed by atoms with van der Waals surface area (Å²) >= 11 is 0. The number of aromatic amines is 1. The Bertz CT molecular complexity index is 669. The molecule has 0 saturated carbocycles. The van der Waals surface area contributed by atoms with Crippen molar-refractivity contribution < 1.29 is 4.79 Å². The summed E-state index contributed by atoms with van der Waals surface area (Å²) < 4.78 is 0. The highest BCUT2D eigenvalue weighted by atomic mass is 16.2. The van der Waals surface area contributed by atoms with Crippen LogP contribution in [0.2, 0.25) is 0 Å². The number of amides is 1. The van der Waals surface area contributed by atoms with Gasteiger partial charge in [0, 0.05) is 11.9 Å². The lowest BCUT2D eigenvalue weighted by atomic mass is 10.1. The number of anilines is 2. The highest BCUT2D eigenvalue weighted by Crippen LogP contribution is 2.31. The van der Waals surface area contributed by atoms with E-state index < -0.39 is 0 Å². The fraction of sp³-hybridized carbons (Fsp3) is 0.133. The molecular formula is C15H15N3O. The van der Waals surface area contributed by atoms with Crippen LogP contribution in [0.25, 0.3) is 6.08 Å². The zero-order chi connectivity index (χ0) is 13.4. The maximum absolute atomic E-state index is 12.0. The van der Waals surface area contributed by atoms with Crippen LogP contribution in [-0.4, -0.2) is 10.9 Å². The van der Waals surface area contributed by atoms with Crippen LogP contribution in [0.5, 0.6) is 0 Å². The van der Waals surface area contributed by atoms with Gasteiger partial charge in [-0.05, 0) is 55.3 Å². The molecule has 3 N–H and O–H groups in total. The van der Waals surface area contributed by atoms with E-state index in [4.69, 9.17) is 0 Å². The van der Waals surface area contributed by atoms with E-state index in [1.54, 1.807) is 6.08 Å². The van der Waals surface area contributed by atoms with Crippen molar-refractivity contribution in [1.29, 1.82) is 0 Å². The average Bonchev–Trinajstić information content (AvgIpc) is 2.86. The van der Waals surface area contributed by atoms with Gasteiger partial charge in [0.05, 0.1) is 11.4 Å². The van der Waals surface area contributed by atoms with Gasteiger partial charge in [0.2, 0.25) is 0 Å². The predicted octanol–water partition coefficient (Wildman–Crippen LogP) is 3.04. The van der Waals surface area contributed by atoms with E-state index in [2.05, 4.69) is 22.5 Å². The van der Waals surface area contributed by atoms with Crippen LogP contribution < -0.4 is 10.6 Å². The summed E-state index contributed by atoms with van der Waals surface area (Å²) in [6.45, 7) is 4.09. The number of hydrogen-bond donors (Lipinski definition) is 3. The first-order chi connectivity index (χ1) is 9.13. The standard InChI is InChI=1S/C15H15N3O/c1-9-6-12-13(7-10(9)2)18-15(19)14(17-12)8-11-4-3-5-16-11/h3-8,16-17H,1-2H3,(H,18,19)/b14-8-. The fourth-order valence-corrected chi connectivity index (χ4v) is 2.11. The number of hydrogen-bond acceptors (Lipinski definition) is 2. The van der Waals surface area contributed by atoms with Gasteiger partial charge in [0.15, 0.2) is 0 Å². The minimum Gasteiger partial charge on any atom is -0.362 e. The van der Waals surface area contributed by atoms with Gasteiger partial charge < -0.3 is 15.6 Å². The highest BCUT2D eigenvalue weighted by molar-refractivity contribution is 6.13. The highest BCUT2D eigenvalue weighted by Gasteiger charge is 2.20. The SMILES string of the molecule is Cc1cc2c(cc1C)N/C(=C\c1ccc[nH]1)C(=O)N2. The molecule has 2 heterocycles. The summed E-state index contributed by atoms with van der Waals surface area (Å²) in [6, 6.07) is 7.85. The van der Waals surface area contributed by atoms with E-state index in [0.717, 1.165) is 22.6 Å². The largest absolute Gasteiger partial charge is 0.362 e. The zero-order valence-electron chi connectivity index (χ0n) is 10.9. The second kappa shape index (κ2) is 4.31. The molecule has 0 aliphatic carbocycles. The van der Waals surface area contributed by atoms with Gasteiger partial charge in [0.1, 0.15) is 5.70 Å². The normalized spacial score (nSPS) is 15.9. The third kappa shape index (κ3) is 2.12. The third-order valence-electron chi connectivity index (χ3n) is 3.32. The van der Waals surface area contributed by atoms with Crippen molar-refractivity contribution in [3.8, 4) is 0 Å². The van der Waals surface area contributed by atoms with E-state index in [0.29, 0.717) is 5.70 Å². The zero-order valence-corrected chi connectivity index (χ0v) is 10.9. The molecule has 3 rings (SSSR count). The number of fused-ring (bicyclic) bond motifs is 1. The number of carbonyl (C=O) groups excluding carboxylic acids is 1. The van der Waals surface area contributed by atoms with Crippen molar-refractivity contribution in [3.05, 3.63) is 53.0 Å². The van der Waals surface area contributed by atoms with Crippen LogP contribution >= 0.6 is 0 Å². The minimum atomic E-state index is -0.120. The van der Waals surface area contributed by atoms with Gasteiger partial charge in [-0.1, -0.05) is 0 Å². The number of benzene rings is 1. The first-order valence-electron chi connectivity index (χ1n) is 6.18. The molecule has 0 atom stereocenters. The number of aromatic nitrogens is 1. The second-order valence-electron chi connectivity index (χ2n) is 4.74. The van der Waals surface area contributed by atoms with Crippen molar-refractivity contribution in [2.24, 2.45) is 0 Å². The summed E-state index contributed by atoms with van der Waals surface area (Å²) in [5.41, 5.74) is 5.56. The van der Waals surface area contributed by atoms with E-state index in [1.165, 1.54) is 5.56 Å². The lowest BCUT2D eigenvalue weighted by Gasteiger charge is -2.22. The number of aryl methyl sites for hydroxylation is 2. The molecule has 2 aromatic rings. The Kier molecular flexibility index (Phi) is 2.63. The molecule has 0 bridgehead atoms. The second-order valence-corrected chi connectivity index (χ2v) is 4.74. The summed E-state index contributed by atoms with van der Waals surface area (Å²) in [5.74, 6) is -0.120. The molecule has 4 nitrogen and oxygen atoms in total. The van der Waals surface area contributed by atoms with Crippen molar-refractivity contribution in [2.45, 2.75) is 13.8 Å². The predicted molar refractivity (Wildman–Crippen MR) is 76.9 cm³/mol. The van der Waals surface area contributed by atoms with Crippen LogP contribution in [0.3, 0.4) is 0 Å². The van der Waals surface area contributed by atoms with Gasteiger partial charge in [-0.2, -0.15) is 0 Å². The van der Waals surface area contributed by atoms with E-state index >= 15 is 0 Å². The maximum atomic E-state index is 12.0. The molecule has 1 aromatic heterocycles. The van der Waals surface area contributed by atoms with Gasteiger partial charge in [-0.15, -0.1) is 0 Å². The Labute approximate surface area is 111 Å². The van der Waals surface area contributed by atoms with Crippen molar-refractivity contribution >= 4 is 23.4 Å². The van der Waals surface area contributed by atoms with Crippen molar-refractivity contribution in [1.82, 2.24) is 4.98 Å². The minimum absolute atomic E-state index is 0.120. The molecule has 1 aromatic carbocycles. The van der Waals surface area contributed by atoms with Gasteiger partial charge in [0.25, 0.3) is 5.91 Å². The van der Waals surface area contributed by atoms with Crippen LogP contribution in [0, 0.1) is 13.8 Å². The lowest BCUT2D eigenvalue weighted by Crippen LogP contribution is -2.25. The van der Waals surface area contributed by atoms with Crippen LogP contribution in [0.1, 0.15) is 16.8 Å². The number of rotatable bonds is 1. The number of nitrogens with one attached hydrogen (secondary N) is 3. The maximum Gasteiger partial charge on any atom is 0.272 e. The van der Waals surface area contributed by atoms with Crippen molar-refractivity contribution in [3.63, 3.8) is 0 Å². The molecule has 0 radical (unpaired) electrons. The molecule has 1 aliphatic heterocycles. The molecule has 1 amide bonds. The number of H-pyrrole nitrogens is 1. The summed E-state index contributed by atoms with van der Waals surface area (Å²) in [4.78, 5) is 15.1. The summed E-state index contributed by atoms with van der Waals surface area (Å²) in [6.07, 6.45) is 3.63. The smallest absolute Gasteiger partial charge is 0.272 e. The molecule has 96 valence electrons. The molecule has 1 aliphatic rings. The van der Waals surface area contributed by atoms with E-state index in [9.17, 15) is 4.79 Å². The molecule has 0 fully saturated rings. The van der Waals surface area contributed by atoms with Crippen LogP contribution in [0.4, 0.5) is 11.4 Å². The summed E-state index contributed by atoms with van der Waals surface area (Å²) in [7, 11) is 0. The Morgan fingerprint density at radius 1 is 1.05 bits per heavy atom. The van der Waals surface area contributed by atoms with Crippen molar-refractivity contribution in [2.75, 3.05) is 10.6 Å². The molecular weight excluding hydrogens is 238 g/mol. The molecule has 0 unspecified atom stereocenters. The quantitative estimate of drug-likeness (QED) is 0.684. The molecule has 0 saturated heterocycles. The van der Waals surface area contributed by atoms with Gasteiger partial charge in [-0.25, -0.2) is 0 Å². The average molecular weight is 253 g/mol. The van der Waals surface area contributed by atoms with Gasteiger partial charge in [-0.3, -0.25) is 4.79 Å². The Balaban J connectivity index is 2.00. The fourth-order valence-electron chi connectivity index (χ4n) is 2.11. The summed E-state index contributed by atoms with van der Waals surface area (Å²) in [5, 5.41) is 6.09. The first kappa shape index (κ1) is 11.6. The van der Waals surface area contributed by atoms with E-state index in [1.807, 2.05) is 37.4 Å². The third-order valence-corrected chi connectivity index (χ3v) is 3.32. The van der Waals surface area contributed by atoms with Gasteiger partial charge >= 0.3 is 0 Å². The Morgan fingerprint density at radius 3 is 2.37 bits per heavy atom. The molecule has 19 heavy (non-hydrogen) atoms. The first-order valence-corrected chi connectivity index (χ1v) is 6.18. The topological polar surface area (TPSA) is 56.9 Å². The monoisotopic (exact) mass is 253 g/mol. The molecule has 4 heteroatoms. The van der Waals surface area contributed by atoms with Crippen LogP contribution in [0.15, 0.2) is 36.2 Å². The number of carbonyl (C=O) groups is 1. The Hall–Kier alpha value is -2.49. The molecule has 0 spiro atoms. The van der Waals surface area contributed by atoms with E-state index in [-0.39, 0.29) is 5.91 Å². The Morgan fingerprint density at radius 2 is 1.74 bits per heavy atom. The lowest BCUT2D eigenvalue weighted by molar-refractivity contribution is -0.112.